The van der Waals surface area contributed by atoms with Crippen LogP contribution in [0.5, 0.6) is 0 Å². The molecule has 0 aliphatic heterocycles. The van der Waals surface area contributed by atoms with E-state index < -0.39 is 7.82 Å². The third-order valence-electron chi connectivity index (χ3n) is 0. The second-order valence-electron chi connectivity index (χ2n) is 0.513. The Morgan fingerprint density at radius 1 is 0.889 bits per heavy atom. The summed E-state index contributed by atoms with van der Waals surface area (Å²) in [7, 11) is -4.64. The van der Waals surface area contributed by atoms with E-state index in [2.05, 4.69) is 0 Å². The van der Waals surface area contributed by atoms with E-state index in [-0.39, 0.29) is 54.2 Å². The van der Waals surface area contributed by atoms with Gasteiger partial charge in [0.15, 0.2) is 0 Å². The number of phosphoric acid groups is 1. The zero-order valence-electron chi connectivity index (χ0n) is 3.70. The molecule has 0 amide bonds. The summed E-state index contributed by atoms with van der Waals surface area (Å²) in [6.45, 7) is 0. The van der Waals surface area contributed by atoms with Crippen molar-refractivity contribution in [3.8, 4) is 0 Å². The molecular weight excluding hydrogens is 183 g/mol. The van der Waals surface area contributed by atoms with Crippen molar-refractivity contribution in [2.24, 2.45) is 0 Å². The van der Waals surface area contributed by atoms with Crippen molar-refractivity contribution >= 4 is 45.6 Å². The molecule has 0 aromatic rings. The van der Waals surface area contributed by atoms with Gasteiger partial charge in [-0.25, -0.2) is 4.57 Å². The Balaban J connectivity index is -0.0000000133. The quantitative estimate of drug-likeness (QED) is 0.261. The zero-order valence-corrected chi connectivity index (χ0v) is 4.59. The van der Waals surface area contributed by atoms with E-state index in [1.54, 1.807) is 0 Å². The Kier molecular flexibility index (Phi) is 42.3. The Morgan fingerprint density at radius 2 is 0.889 bits per heavy atom. The van der Waals surface area contributed by atoms with Gasteiger partial charge < -0.3 is 31.1 Å². The Labute approximate surface area is 80.9 Å². The fourth-order valence-electron chi connectivity index (χ4n) is 0. The third kappa shape index (κ3) is 311. The van der Waals surface area contributed by atoms with Crippen molar-refractivity contribution < 1.29 is 35.7 Å². The summed E-state index contributed by atoms with van der Waals surface area (Å²) >= 11 is 0. The van der Waals surface area contributed by atoms with Gasteiger partial charge in [-0.3, -0.25) is 0 Å². The van der Waals surface area contributed by atoms with E-state index >= 15 is 0 Å². The SMILES string of the molecule is O.O.O.O=P(O)(O)O.[CaH2]. The Hall–Kier alpha value is 1.25. The van der Waals surface area contributed by atoms with Crippen molar-refractivity contribution in [1.29, 1.82) is 0 Å². The van der Waals surface area contributed by atoms with Crippen molar-refractivity contribution in [1.82, 2.24) is 0 Å². The predicted octanol–water partition coefficient (Wildman–Crippen LogP) is -4.32. The maximum absolute atomic E-state index is 8.88. The average Bonchev–Trinajstić information content (AvgIpc) is 0.722. The second kappa shape index (κ2) is 12.0. The maximum atomic E-state index is 8.88. The fraction of sp³-hybridized carbons (Fsp3) is 0. The minimum atomic E-state index is -4.64. The first-order valence-electron chi connectivity index (χ1n) is 0.783. The van der Waals surface area contributed by atoms with Gasteiger partial charge in [0.2, 0.25) is 0 Å². The first kappa shape index (κ1) is 31.8. The molecule has 60 valence electrons. The molecule has 9 heteroatoms. The van der Waals surface area contributed by atoms with Crippen LogP contribution in [0.25, 0.3) is 0 Å². The van der Waals surface area contributed by atoms with Gasteiger partial charge in [0.1, 0.15) is 0 Å². The summed E-state index contributed by atoms with van der Waals surface area (Å²) in [4.78, 5) is 21.6. The minimum absolute atomic E-state index is 0. The molecule has 0 spiro atoms. The molecule has 0 radical (unpaired) electrons. The van der Waals surface area contributed by atoms with Crippen LogP contribution in [0, 0.1) is 0 Å². The molecule has 7 nitrogen and oxygen atoms in total. The van der Waals surface area contributed by atoms with E-state index in [0.29, 0.717) is 0 Å². The van der Waals surface area contributed by atoms with Crippen LogP contribution in [0.2, 0.25) is 0 Å². The standard InChI is InChI=1S/Ca.H3O4P.3H2O.2H/c;1-5(2,3)4;;;;;/h;(H3,1,2,3,4);3*1H2;;. The topological polar surface area (TPSA) is 172 Å². The summed E-state index contributed by atoms with van der Waals surface area (Å²) in [5.74, 6) is 0. The first-order chi connectivity index (χ1) is 2.00. The van der Waals surface area contributed by atoms with E-state index in [0.717, 1.165) is 0 Å². The van der Waals surface area contributed by atoms with Crippen LogP contribution in [0.15, 0.2) is 0 Å². The Morgan fingerprint density at radius 3 is 0.889 bits per heavy atom. The zero-order chi connectivity index (χ0) is 4.50. The summed E-state index contributed by atoms with van der Waals surface area (Å²) in [5, 5.41) is 0. The van der Waals surface area contributed by atoms with Gasteiger partial charge in [-0.05, 0) is 0 Å². The molecule has 0 aliphatic rings. The van der Waals surface area contributed by atoms with E-state index in [4.69, 9.17) is 19.2 Å². The molecule has 0 aliphatic carbocycles. The second-order valence-corrected chi connectivity index (χ2v) is 1.54. The number of hydrogen-bond acceptors (Lipinski definition) is 1. The summed E-state index contributed by atoms with van der Waals surface area (Å²) in [6.07, 6.45) is 0. The van der Waals surface area contributed by atoms with Crippen molar-refractivity contribution in [2.75, 3.05) is 0 Å². The monoisotopic (exact) mass is 194 g/mol. The van der Waals surface area contributed by atoms with E-state index in [9.17, 15) is 0 Å². The molecule has 9 heavy (non-hydrogen) atoms. The molecule has 0 aromatic carbocycles. The van der Waals surface area contributed by atoms with Crippen LogP contribution < -0.4 is 0 Å². The normalized spacial score (nSPS) is 6.56. The Bertz CT molecular complexity index is 55.1. The molecule has 0 aromatic heterocycles. The molecule has 9 N–H and O–H groups in total. The summed E-state index contributed by atoms with van der Waals surface area (Å²) in [6, 6.07) is 0. The summed E-state index contributed by atoms with van der Waals surface area (Å²) < 4.78 is 8.88. The number of rotatable bonds is 0. The van der Waals surface area contributed by atoms with Crippen molar-refractivity contribution in [2.45, 2.75) is 0 Å². The predicted molar refractivity (Wildman–Crippen MR) is 33.6 cm³/mol. The van der Waals surface area contributed by atoms with Gasteiger partial charge in [0, 0.05) is 0 Å². The van der Waals surface area contributed by atoms with Gasteiger partial charge in [-0.1, -0.05) is 0 Å². The van der Waals surface area contributed by atoms with Gasteiger partial charge in [0.05, 0.1) is 0 Å². The van der Waals surface area contributed by atoms with Gasteiger partial charge in [0.25, 0.3) is 0 Å². The molecular formula is H11CaO7P. The molecule has 0 unspecified atom stereocenters. The molecule has 0 fully saturated rings. The fourth-order valence-corrected chi connectivity index (χ4v) is 0. The van der Waals surface area contributed by atoms with Gasteiger partial charge >= 0.3 is 45.6 Å². The van der Waals surface area contributed by atoms with Crippen LogP contribution in [0.4, 0.5) is 0 Å². The van der Waals surface area contributed by atoms with Crippen LogP contribution in [-0.2, 0) is 4.57 Å². The molecule has 0 rings (SSSR count). The van der Waals surface area contributed by atoms with Gasteiger partial charge in [-0.15, -0.1) is 0 Å². The van der Waals surface area contributed by atoms with Crippen LogP contribution in [0.1, 0.15) is 0 Å². The van der Waals surface area contributed by atoms with Crippen LogP contribution in [-0.4, -0.2) is 68.8 Å². The first-order valence-corrected chi connectivity index (χ1v) is 2.35. The average molecular weight is 194 g/mol. The van der Waals surface area contributed by atoms with E-state index in [1.807, 2.05) is 0 Å². The van der Waals surface area contributed by atoms with E-state index in [1.165, 1.54) is 0 Å². The van der Waals surface area contributed by atoms with Crippen LogP contribution >= 0.6 is 7.82 Å². The van der Waals surface area contributed by atoms with Crippen LogP contribution in [0.3, 0.4) is 0 Å². The third-order valence-corrected chi connectivity index (χ3v) is 0. The summed E-state index contributed by atoms with van der Waals surface area (Å²) in [5.41, 5.74) is 0. The molecule has 0 saturated carbocycles. The number of hydrogen-bond donors (Lipinski definition) is 3. The molecule has 0 atom stereocenters. The molecule has 0 saturated heterocycles. The molecule has 0 bridgehead atoms. The van der Waals surface area contributed by atoms with Crippen molar-refractivity contribution in [3.05, 3.63) is 0 Å². The van der Waals surface area contributed by atoms with Crippen molar-refractivity contribution in [3.63, 3.8) is 0 Å². The van der Waals surface area contributed by atoms with Gasteiger partial charge in [-0.2, -0.15) is 0 Å². The molecule has 0 heterocycles.